The number of rotatable bonds is 2. The van der Waals surface area contributed by atoms with Crippen molar-refractivity contribution in [2.75, 3.05) is 0 Å². The molecule has 3 heteroatoms. The zero-order valence-electron chi connectivity index (χ0n) is 7.83. The highest BCUT2D eigenvalue weighted by atomic mass is 19.1. The fraction of sp³-hybridized carbons (Fsp3) is 0.182. The van der Waals surface area contributed by atoms with Crippen LogP contribution in [0.25, 0.3) is 0 Å². The van der Waals surface area contributed by atoms with Gasteiger partial charge in [-0.1, -0.05) is 12.1 Å². The van der Waals surface area contributed by atoms with E-state index in [1.807, 2.05) is 0 Å². The SMILES string of the molecule is Cc1ncc(Cc2ccc(F)cc2)o1. The standard InChI is InChI=1S/C11H10FNO/c1-8-13-7-11(14-8)6-9-2-4-10(12)5-3-9/h2-5,7H,6H2,1H3. The molecular formula is C11H10FNO. The summed E-state index contributed by atoms with van der Waals surface area (Å²) < 4.78 is 17.9. The van der Waals surface area contributed by atoms with E-state index < -0.39 is 0 Å². The summed E-state index contributed by atoms with van der Waals surface area (Å²) in [4.78, 5) is 3.99. The molecule has 0 spiro atoms. The Morgan fingerprint density at radius 2 is 2.00 bits per heavy atom. The number of hydrogen-bond acceptors (Lipinski definition) is 2. The lowest BCUT2D eigenvalue weighted by atomic mass is 10.1. The number of nitrogens with zero attached hydrogens (tertiary/aromatic N) is 1. The topological polar surface area (TPSA) is 26.0 Å². The van der Waals surface area contributed by atoms with E-state index in [4.69, 9.17) is 4.42 Å². The van der Waals surface area contributed by atoms with E-state index >= 15 is 0 Å². The number of oxazole rings is 1. The maximum atomic E-state index is 12.6. The summed E-state index contributed by atoms with van der Waals surface area (Å²) in [6, 6.07) is 6.37. The third kappa shape index (κ3) is 1.99. The van der Waals surface area contributed by atoms with Crippen molar-refractivity contribution in [3.05, 3.63) is 53.5 Å². The van der Waals surface area contributed by atoms with Gasteiger partial charge in [0.25, 0.3) is 0 Å². The van der Waals surface area contributed by atoms with Crippen molar-refractivity contribution in [1.29, 1.82) is 0 Å². The number of halogens is 1. The largest absolute Gasteiger partial charge is 0.446 e. The minimum atomic E-state index is -0.220. The van der Waals surface area contributed by atoms with Crippen molar-refractivity contribution < 1.29 is 8.81 Å². The van der Waals surface area contributed by atoms with E-state index in [-0.39, 0.29) is 5.82 Å². The Bertz CT molecular complexity index is 419. The first-order valence-electron chi connectivity index (χ1n) is 4.40. The average Bonchev–Trinajstić information content (AvgIpc) is 2.56. The van der Waals surface area contributed by atoms with Gasteiger partial charge in [0.15, 0.2) is 5.89 Å². The summed E-state index contributed by atoms with van der Waals surface area (Å²) in [7, 11) is 0. The van der Waals surface area contributed by atoms with Gasteiger partial charge >= 0.3 is 0 Å². The van der Waals surface area contributed by atoms with Crippen LogP contribution < -0.4 is 0 Å². The quantitative estimate of drug-likeness (QED) is 0.729. The van der Waals surface area contributed by atoms with E-state index in [1.54, 1.807) is 25.3 Å². The fourth-order valence-electron chi connectivity index (χ4n) is 1.29. The molecular weight excluding hydrogens is 181 g/mol. The fourth-order valence-corrected chi connectivity index (χ4v) is 1.29. The molecule has 2 aromatic rings. The first kappa shape index (κ1) is 8.94. The molecule has 0 amide bonds. The van der Waals surface area contributed by atoms with E-state index in [1.165, 1.54) is 12.1 Å². The van der Waals surface area contributed by atoms with Gasteiger partial charge in [-0.15, -0.1) is 0 Å². The van der Waals surface area contributed by atoms with Gasteiger partial charge in [-0.25, -0.2) is 9.37 Å². The van der Waals surface area contributed by atoms with Crippen LogP contribution in [0.2, 0.25) is 0 Å². The molecule has 0 aliphatic carbocycles. The van der Waals surface area contributed by atoms with Crippen LogP contribution in [0.15, 0.2) is 34.9 Å². The number of aryl methyl sites for hydroxylation is 1. The van der Waals surface area contributed by atoms with Gasteiger partial charge in [-0.3, -0.25) is 0 Å². The van der Waals surface area contributed by atoms with E-state index in [0.717, 1.165) is 11.3 Å². The van der Waals surface area contributed by atoms with Crippen molar-refractivity contribution in [3.8, 4) is 0 Å². The third-order valence-corrected chi connectivity index (χ3v) is 1.96. The molecule has 0 atom stereocenters. The molecule has 0 aliphatic heterocycles. The summed E-state index contributed by atoms with van der Waals surface area (Å²) in [5.41, 5.74) is 1.02. The summed E-state index contributed by atoms with van der Waals surface area (Å²) in [6.45, 7) is 1.80. The molecule has 2 rings (SSSR count). The van der Waals surface area contributed by atoms with Crippen LogP contribution in [-0.2, 0) is 6.42 Å². The predicted molar refractivity (Wildman–Crippen MR) is 50.4 cm³/mol. The molecule has 0 fully saturated rings. The van der Waals surface area contributed by atoms with Crippen LogP contribution in [0.1, 0.15) is 17.2 Å². The molecule has 1 heterocycles. The molecule has 0 aliphatic rings. The Morgan fingerprint density at radius 3 is 2.57 bits per heavy atom. The van der Waals surface area contributed by atoms with Crippen LogP contribution in [0.4, 0.5) is 4.39 Å². The minimum absolute atomic E-state index is 0.220. The second-order valence-electron chi connectivity index (χ2n) is 3.15. The summed E-state index contributed by atoms with van der Waals surface area (Å²) >= 11 is 0. The molecule has 2 nitrogen and oxygen atoms in total. The van der Waals surface area contributed by atoms with Crippen molar-refractivity contribution in [2.24, 2.45) is 0 Å². The highest BCUT2D eigenvalue weighted by molar-refractivity contribution is 5.20. The van der Waals surface area contributed by atoms with Gasteiger partial charge < -0.3 is 4.42 Å². The second-order valence-corrected chi connectivity index (χ2v) is 3.15. The molecule has 1 aromatic heterocycles. The van der Waals surface area contributed by atoms with Crippen molar-refractivity contribution in [3.63, 3.8) is 0 Å². The van der Waals surface area contributed by atoms with Crippen LogP contribution in [0.5, 0.6) is 0 Å². The Kier molecular flexibility index (Phi) is 2.31. The molecule has 1 aromatic carbocycles. The average molecular weight is 191 g/mol. The van der Waals surface area contributed by atoms with Gasteiger partial charge in [-0.05, 0) is 17.7 Å². The molecule has 14 heavy (non-hydrogen) atoms. The van der Waals surface area contributed by atoms with Gasteiger partial charge in [-0.2, -0.15) is 0 Å². The summed E-state index contributed by atoms with van der Waals surface area (Å²) in [6.07, 6.45) is 2.35. The monoisotopic (exact) mass is 191 g/mol. The van der Waals surface area contributed by atoms with Crippen molar-refractivity contribution in [2.45, 2.75) is 13.3 Å². The highest BCUT2D eigenvalue weighted by Crippen LogP contribution is 2.10. The maximum Gasteiger partial charge on any atom is 0.191 e. The van der Waals surface area contributed by atoms with Gasteiger partial charge in [0.2, 0.25) is 0 Å². The number of hydrogen-bond donors (Lipinski definition) is 0. The Labute approximate surface area is 81.4 Å². The minimum Gasteiger partial charge on any atom is -0.446 e. The van der Waals surface area contributed by atoms with Crippen LogP contribution >= 0.6 is 0 Å². The zero-order chi connectivity index (χ0) is 9.97. The number of aromatic nitrogens is 1. The zero-order valence-corrected chi connectivity index (χ0v) is 7.83. The number of benzene rings is 1. The molecule has 72 valence electrons. The lowest BCUT2D eigenvalue weighted by Gasteiger charge is -1.96. The lowest BCUT2D eigenvalue weighted by molar-refractivity contribution is 0.483. The third-order valence-electron chi connectivity index (χ3n) is 1.96. The highest BCUT2D eigenvalue weighted by Gasteiger charge is 2.01. The van der Waals surface area contributed by atoms with Gasteiger partial charge in [0.1, 0.15) is 11.6 Å². The normalized spacial score (nSPS) is 10.4. The van der Waals surface area contributed by atoms with E-state index in [9.17, 15) is 4.39 Å². The van der Waals surface area contributed by atoms with E-state index in [2.05, 4.69) is 4.98 Å². The lowest BCUT2D eigenvalue weighted by Crippen LogP contribution is -1.85. The first-order chi connectivity index (χ1) is 6.74. The second kappa shape index (κ2) is 3.62. The summed E-state index contributed by atoms with van der Waals surface area (Å²) in [5, 5.41) is 0. The Morgan fingerprint density at radius 1 is 1.29 bits per heavy atom. The molecule has 0 unspecified atom stereocenters. The molecule has 0 N–H and O–H groups in total. The van der Waals surface area contributed by atoms with Crippen LogP contribution in [0.3, 0.4) is 0 Å². The molecule has 0 radical (unpaired) electrons. The first-order valence-corrected chi connectivity index (χ1v) is 4.40. The maximum absolute atomic E-state index is 12.6. The Balaban J connectivity index is 2.15. The molecule has 0 saturated carbocycles. The smallest absolute Gasteiger partial charge is 0.191 e. The van der Waals surface area contributed by atoms with E-state index in [0.29, 0.717) is 12.3 Å². The predicted octanol–water partition coefficient (Wildman–Crippen LogP) is 2.71. The van der Waals surface area contributed by atoms with Crippen LogP contribution in [-0.4, -0.2) is 4.98 Å². The van der Waals surface area contributed by atoms with Crippen molar-refractivity contribution >= 4 is 0 Å². The van der Waals surface area contributed by atoms with Gasteiger partial charge in [0, 0.05) is 13.3 Å². The molecule has 0 saturated heterocycles. The van der Waals surface area contributed by atoms with Crippen molar-refractivity contribution in [1.82, 2.24) is 4.98 Å². The van der Waals surface area contributed by atoms with Crippen LogP contribution in [0, 0.1) is 12.7 Å². The summed E-state index contributed by atoms with van der Waals surface area (Å²) in [5.74, 6) is 1.23. The molecule has 0 bridgehead atoms. The Hall–Kier alpha value is -1.64. The van der Waals surface area contributed by atoms with Gasteiger partial charge in [0.05, 0.1) is 6.20 Å².